The van der Waals surface area contributed by atoms with Crippen molar-refractivity contribution in [2.45, 2.75) is 12.8 Å². The Bertz CT molecular complexity index is 1140. The third kappa shape index (κ3) is 4.66. The zero-order chi connectivity index (χ0) is 22.0. The minimum atomic E-state index is -3.48. The zero-order valence-corrected chi connectivity index (χ0v) is 17.3. The van der Waals surface area contributed by atoms with Gasteiger partial charge in [0.25, 0.3) is 15.9 Å². The van der Waals surface area contributed by atoms with Gasteiger partial charge in [0.15, 0.2) is 6.61 Å². The van der Waals surface area contributed by atoms with Gasteiger partial charge in [-0.1, -0.05) is 12.1 Å². The molecule has 11 heteroatoms. The van der Waals surface area contributed by atoms with Crippen LogP contribution in [-0.2, 0) is 29.1 Å². The normalized spacial score (nSPS) is 19.4. The van der Waals surface area contributed by atoms with Gasteiger partial charge in [-0.3, -0.25) is 9.59 Å². The van der Waals surface area contributed by atoms with Crippen LogP contribution >= 0.6 is 0 Å². The standard InChI is InChI=1S/C20H20N4O6S/c25-18(21-15-4-1-2-5-16(15)24-9-3-6-19(24)26)13-30-20(27)14-7-8-17-22-31(28,29)11-10-23(17)12-14/h1-2,4-5,7-8,12H,3,6,9-11,13H2,(H,21,25). The van der Waals surface area contributed by atoms with Gasteiger partial charge in [-0.25, -0.2) is 13.2 Å². The molecule has 2 amide bonds. The van der Waals surface area contributed by atoms with E-state index in [1.807, 2.05) is 0 Å². The van der Waals surface area contributed by atoms with E-state index in [0.717, 1.165) is 6.42 Å². The Morgan fingerprint density at radius 1 is 1.16 bits per heavy atom. The molecule has 1 aromatic rings. The second kappa shape index (κ2) is 8.34. The Balaban J connectivity index is 1.36. The number of benzene rings is 1. The highest BCUT2D eigenvalue weighted by Gasteiger charge is 2.26. The Hall–Kier alpha value is -3.47. The van der Waals surface area contributed by atoms with Crippen LogP contribution in [0.5, 0.6) is 0 Å². The van der Waals surface area contributed by atoms with Crippen LogP contribution in [0.4, 0.5) is 11.4 Å². The van der Waals surface area contributed by atoms with Gasteiger partial charge in [0.05, 0.1) is 22.7 Å². The number of amides is 2. The van der Waals surface area contributed by atoms with Crippen LogP contribution < -0.4 is 10.2 Å². The van der Waals surface area contributed by atoms with Crippen molar-refractivity contribution in [2.24, 2.45) is 4.40 Å². The molecule has 1 saturated heterocycles. The molecule has 1 aromatic carbocycles. The molecule has 10 nitrogen and oxygen atoms in total. The summed E-state index contributed by atoms with van der Waals surface area (Å²) in [7, 11) is -3.48. The van der Waals surface area contributed by atoms with E-state index >= 15 is 0 Å². The minimum absolute atomic E-state index is 0.00225. The van der Waals surface area contributed by atoms with Gasteiger partial charge in [0, 0.05) is 25.7 Å². The minimum Gasteiger partial charge on any atom is -0.452 e. The summed E-state index contributed by atoms with van der Waals surface area (Å²) in [5.41, 5.74) is 1.24. The Labute approximate surface area is 178 Å². The number of hydrogen-bond donors (Lipinski definition) is 1. The van der Waals surface area contributed by atoms with Crippen molar-refractivity contribution < 1.29 is 27.5 Å². The number of anilines is 2. The van der Waals surface area contributed by atoms with Crippen molar-refractivity contribution in [3.8, 4) is 0 Å². The highest BCUT2D eigenvalue weighted by molar-refractivity contribution is 7.90. The first-order valence-electron chi connectivity index (χ1n) is 9.68. The third-order valence-electron chi connectivity index (χ3n) is 4.94. The fourth-order valence-corrected chi connectivity index (χ4v) is 4.41. The number of ether oxygens (including phenoxy) is 1. The van der Waals surface area contributed by atoms with Crippen molar-refractivity contribution in [3.05, 3.63) is 48.2 Å². The highest BCUT2D eigenvalue weighted by atomic mass is 32.2. The molecular formula is C20H20N4O6S. The molecule has 1 N–H and O–H groups in total. The Morgan fingerprint density at radius 2 is 1.97 bits per heavy atom. The topological polar surface area (TPSA) is 125 Å². The number of rotatable bonds is 5. The third-order valence-corrected chi connectivity index (χ3v) is 6.10. The van der Waals surface area contributed by atoms with Crippen molar-refractivity contribution in [3.63, 3.8) is 0 Å². The molecule has 3 heterocycles. The highest BCUT2D eigenvalue weighted by Crippen LogP contribution is 2.29. The number of amidine groups is 1. The number of sulfonamides is 1. The second-order valence-electron chi connectivity index (χ2n) is 7.14. The molecule has 0 aromatic heterocycles. The largest absolute Gasteiger partial charge is 0.452 e. The van der Waals surface area contributed by atoms with E-state index in [1.54, 1.807) is 34.1 Å². The summed E-state index contributed by atoms with van der Waals surface area (Å²) >= 11 is 0. The maximum absolute atomic E-state index is 12.3. The number of carbonyl (C=O) groups excluding carboxylic acids is 3. The SMILES string of the molecule is O=C(COC(=O)C1=CN2CCS(=O)(=O)N=C2C=C1)Nc1ccccc1N1CCCC1=O. The molecule has 0 spiro atoms. The van der Waals surface area contributed by atoms with Gasteiger partial charge in [0.2, 0.25) is 5.91 Å². The van der Waals surface area contributed by atoms with Crippen molar-refractivity contribution in [2.75, 3.05) is 35.7 Å². The van der Waals surface area contributed by atoms with Gasteiger partial charge in [-0.2, -0.15) is 0 Å². The first-order chi connectivity index (χ1) is 14.8. The predicted molar refractivity (Wildman–Crippen MR) is 113 cm³/mol. The van der Waals surface area contributed by atoms with Crippen LogP contribution in [0.25, 0.3) is 0 Å². The average Bonchev–Trinajstić information content (AvgIpc) is 3.17. The lowest BCUT2D eigenvalue weighted by atomic mass is 10.2. The van der Waals surface area contributed by atoms with Crippen LogP contribution in [0.2, 0.25) is 0 Å². The van der Waals surface area contributed by atoms with Crippen molar-refractivity contribution in [1.82, 2.24) is 4.90 Å². The first kappa shape index (κ1) is 20.8. The summed E-state index contributed by atoms with van der Waals surface area (Å²) < 4.78 is 31.8. The quantitative estimate of drug-likeness (QED) is 0.666. The van der Waals surface area contributed by atoms with Crippen LogP contribution in [0, 0.1) is 0 Å². The van der Waals surface area contributed by atoms with Gasteiger partial charge in [-0.05, 0) is 30.7 Å². The lowest BCUT2D eigenvalue weighted by Gasteiger charge is -2.26. The summed E-state index contributed by atoms with van der Waals surface area (Å²) in [5, 5.41) is 2.68. The average molecular weight is 444 g/mol. The molecule has 4 rings (SSSR count). The maximum Gasteiger partial charge on any atom is 0.340 e. The van der Waals surface area contributed by atoms with E-state index in [4.69, 9.17) is 4.74 Å². The Kier molecular flexibility index (Phi) is 5.59. The van der Waals surface area contributed by atoms with E-state index < -0.39 is 28.5 Å². The maximum atomic E-state index is 12.3. The van der Waals surface area contributed by atoms with Gasteiger partial charge in [0.1, 0.15) is 5.84 Å². The number of hydrogen-bond acceptors (Lipinski definition) is 7. The number of nitrogens with zero attached hydrogens (tertiary/aromatic N) is 3. The van der Waals surface area contributed by atoms with Crippen molar-refractivity contribution in [1.29, 1.82) is 0 Å². The molecule has 3 aliphatic heterocycles. The molecule has 0 unspecified atom stereocenters. The molecule has 31 heavy (non-hydrogen) atoms. The fourth-order valence-electron chi connectivity index (χ4n) is 3.44. The van der Waals surface area contributed by atoms with E-state index in [-0.39, 0.29) is 29.6 Å². The summed E-state index contributed by atoms with van der Waals surface area (Å²) in [6, 6.07) is 6.95. The summed E-state index contributed by atoms with van der Waals surface area (Å²) in [6.07, 6.45) is 5.48. The van der Waals surface area contributed by atoms with Crippen molar-refractivity contribution >= 4 is 45.0 Å². The Morgan fingerprint density at radius 3 is 2.74 bits per heavy atom. The van der Waals surface area contributed by atoms with Gasteiger partial charge >= 0.3 is 5.97 Å². The smallest absolute Gasteiger partial charge is 0.340 e. The van der Waals surface area contributed by atoms with Gasteiger partial charge in [-0.15, -0.1) is 4.40 Å². The fraction of sp³-hybridized carbons (Fsp3) is 0.300. The molecule has 3 aliphatic rings. The van der Waals surface area contributed by atoms with Gasteiger partial charge < -0.3 is 19.9 Å². The number of nitrogens with one attached hydrogen (secondary N) is 1. The van der Waals surface area contributed by atoms with Crippen LogP contribution in [0.1, 0.15) is 12.8 Å². The van der Waals surface area contributed by atoms with Crippen LogP contribution in [-0.4, -0.2) is 62.4 Å². The zero-order valence-electron chi connectivity index (χ0n) is 16.5. The molecular weight excluding hydrogens is 424 g/mol. The van der Waals surface area contributed by atoms with E-state index in [1.165, 1.54) is 18.4 Å². The number of esters is 1. The molecule has 0 saturated carbocycles. The molecule has 1 fully saturated rings. The summed E-state index contributed by atoms with van der Waals surface area (Å²) in [4.78, 5) is 39.8. The first-order valence-corrected chi connectivity index (χ1v) is 11.3. The number of carbonyl (C=O) groups is 3. The predicted octanol–water partition coefficient (Wildman–Crippen LogP) is 0.793. The number of para-hydroxylation sites is 2. The lowest BCUT2D eigenvalue weighted by Crippen LogP contribution is -2.37. The second-order valence-corrected chi connectivity index (χ2v) is 8.89. The lowest BCUT2D eigenvalue weighted by molar-refractivity contribution is -0.143. The molecule has 0 bridgehead atoms. The summed E-state index contributed by atoms with van der Waals surface area (Å²) in [5.74, 6) is -1.18. The van der Waals surface area contributed by atoms with E-state index in [2.05, 4.69) is 9.71 Å². The molecule has 0 radical (unpaired) electrons. The number of fused-ring (bicyclic) bond motifs is 1. The molecule has 162 valence electrons. The van der Waals surface area contributed by atoms with E-state index in [9.17, 15) is 22.8 Å². The molecule has 0 atom stereocenters. The van der Waals surface area contributed by atoms with Crippen LogP contribution in [0.3, 0.4) is 0 Å². The monoisotopic (exact) mass is 444 g/mol. The van der Waals surface area contributed by atoms with E-state index in [0.29, 0.717) is 24.3 Å². The molecule has 0 aliphatic carbocycles. The summed E-state index contributed by atoms with van der Waals surface area (Å²) in [6.45, 7) is 0.251. The van der Waals surface area contributed by atoms with Crippen LogP contribution in [0.15, 0.2) is 52.6 Å².